The van der Waals surface area contributed by atoms with E-state index in [1.54, 1.807) is 4.68 Å². The number of nitrogens with zero attached hydrogens (tertiary/aromatic N) is 2. The summed E-state index contributed by atoms with van der Waals surface area (Å²) in [4.78, 5) is 0. The van der Waals surface area contributed by atoms with Gasteiger partial charge in [0.1, 0.15) is 12.4 Å². The van der Waals surface area contributed by atoms with Crippen molar-refractivity contribution in [1.29, 1.82) is 0 Å². The molecule has 5 heteroatoms. The molecule has 0 saturated heterocycles. The standard InChI is InChI=1S/C14H18ClN3O/c1-3-16-14(11-8-17-18(2)9-11)10-19-13-6-4-5-12(15)7-13/h4-9,14,16H,3,10H2,1-2H3. The second-order valence-corrected chi connectivity index (χ2v) is 4.76. The molecule has 19 heavy (non-hydrogen) atoms. The van der Waals surface area contributed by atoms with Crippen LogP contribution in [0.1, 0.15) is 18.5 Å². The SMILES string of the molecule is CCNC(COc1cccc(Cl)c1)c1cnn(C)c1. The van der Waals surface area contributed by atoms with Gasteiger partial charge in [0, 0.05) is 23.8 Å². The number of aromatic nitrogens is 2. The van der Waals surface area contributed by atoms with Crippen molar-refractivity contribution < 1.29 is 4.74 Å². The maximum absolute atomic E-state index is 5.93. The molecule has 1 aromatic carbocycles. The first kappa shape index (κ1) is 13.9. The van der Waals surface area contributed by atoms with E-state index in [1.807, 2.05) is 43.7 Å². The Labute approximate surface area is 118 Å². The van der Waals surface area contributed by atoms with Crippen LogP contribution in [0.5, 0.6) is 5.75 Å². The third kappa shape index (κ3) is 3.98. The molecule has 0 amide bonds. The van der Waals surface area contributed by atoms with Gasteiger partial charge in [-0.2, -0.15) is 5.10 Å². The molecule has 0 aliphatic rings. The van der Waals surface area contributed by atoms with Gasteiger partial charge in [0.2, 0.25) is 0 Å². The summed E-state index contributed by atoms with van der Waals surface area (Å²) in [6.45, 7) is 3.49. The molecule has 0 fully saturated rings. The Morgan fingerprint density at radius 2 is 2.32 bits per heavy atom. The lowest BCUT2D eigenvalue weighted by molar-refractivity contribution is 0.268. The average molecular weight is 280 g/mol. The summed E-state index contributed by atoms with van der Waals surface area (Å²) in [5.74, 6) is 0.777. The van der Waals surface area contributed by atoms with Gasteiger partial charge in [-0.3, -0.25) is 4.68 Å². The predicted molar refractivity (Wildman–Crippen MR) is 76.6 cm³/mol. The van der Waals surface area contributed by atoms with E-state index in [-0.39, 0.29) is 6.04 Å². The highest BCUT2D eigenvalue weighted by Crippen LogP contribution is 2.19. The lowest BCUT2D eigenvalue weighted by atomic mass is 10.2. The molecule has 2 rings (SSSR count). The summed E-state index contributed by atoms with van der Waals surface area (Å²) in [5.41, 5.74) is 1.12. The van der Waals surface area contributed by atoms with E-state index in [1.165, 1.54) is 0 Å². The number of nitrogens with one attached hydrogen (secondary N) is 1. The fourth-order valence-corrected chi connectivity index (χ4v) is 2.06. The zero-order valence-corrected chi connectivity index (χ0v) is 11.9. The number of benzene rings is 1. The first-order valence-electron chi connectivity index (χ1n) is 6.29. The molecule has 0 spiro atoms. The van der Waals surface area contributed by atoms with E-state index in [0.29, 0.717) is 11.6 Å². The van der Waals surface area contributed by atoms with Crippen LogP contribution in [0.25, 0.3) is 0 Å². The van der Waals surface area contributed by atoms with Crippen molar-refractivity contribution in [3.63, 3.8) is 0 Å². The third-order valence-electron chi connectivity index (χ3n) is 2.79. The molecule has 2 aromatic rings. The summed E-state index contributed by atoms with van der Waals surface area (Å²) in [6.07, 6.45) is 3.85. The second kappa shape index (κ2) is 6.59. The van der Waals surface area contributed by atoms with Crippen LogP contribution < -0.4 is 10.1 Å². The summed E-state index contributed by atoms with van der Waals surface area (Å²) in [6, 6.07) is 7.55. The Balaban J connectivity index is 2.01. The Kier molecular flexibility index (Phi) is 4.82. The molecule has 1 unspecified atom stereocenters. The zero-order valence-electron chi connectivity index (χ0n) is 11.1. The van der Waals surface area contributed by atoms with Gasteiger partial charge >= 0.3 is 0 Å². The minimum Gasteiger partial charge on any atom is -0.492 e. The normalized spacial score (nSPS) is 12.4. The van der Waals surface area contributed by atoms with Crippen LogP contribution in [0.4, 0.5) is 0 Å². The first-order valence-corrected chi connectivity index (χ1v) is 6.67. The highest BCUT2D eigenvalue weighted by molar-refractivity contribution is 6.30. The summed E-state index contributed by atoms with van der Waals surface area (Å²) < 4.78 is 7.57. The molecule has 4 nitrogen and oxygen atoms in total. The lowest BCUT2D eigenvalue weighted by Crippen LogP contribution is -2.26. The Bertz CT molecular complexity index is 527. The number of rotatable bonds is 6. The summed E-state index contributed by atoms with van der Waals surface area (Å²) in [5, 5.41) is 8.25. The van der Waals surface area contributed by atoms with Crippen LogP contribution in [0.3, 0.4) is 0 Å². The minimum absolute atomic E-state index is 0.123. The van der Waals surface area contributed by atoms with E-state index in [0.717, 1.165) is 17.9 Å². The molecule has 0 bridgehead atoms. The van der Waals surface area contributed by atoms with Crippen LogP contribution >= 0.6 is 11.6 Å². The number of halogens is 1. The molecule has 0 radical (unpaired) electrons. The number of aryl methyl sites for hydroxylation is 1. The van der Waals surface area contributed by atoms with Crippen LogP contribution in [0.2, 0.25) is 5.02 Å². The van der Waals surface area contributed by atoms with Crippen molar-refractivity contribution in [2.45, 2.75) is 13.0 Å². The van der Waals surface area contributed by atoms with E-state index in [9.17, 15) is 0 Å². The first-order chi connectivity index (χ1) is 9.19. The fourth-order valence-electron chi connectivity index (χ4n) is 1.88. The quantitative estimate of drug-likeness (QED) is 0.884. The highest BCUT2D eigenvalue weighted by Gasteiger charge is 2.13. The van der Waals surface area contributed by atoms with Gasteiger partial charge in [0.25, 0.3) is 0 Å². The minimum atomic E-state index is 0.123. The molecule has 1 N–H and O–H groups in total. The zero-order chi connectivity index (χ0) is 13.7. The van der Waals surface area contributed by atoms with Gasteiger partial charge in [0.05, 0.1) is 12.2 Å². The lowest BCUT2D eigenvalue weighted by Gasteiger charge is -2.17. The molecule has 0 saturated carbocycles. The van der Waals surface area contributed by atoms with Gasteiger partial charge in [-0.15, -0.1) is 0 Å². The molecule has 0 aliphatic carbocycles. The molecular formula is C14H18ClN3O. The third-order valence-corrected chi connectivity index (χ3v) is 3.03. The summed E-state index contributed by atoms with van der Waals surface area (Å²) in [7, 11) is 1.91. The number of hydrogen-bond donors (Lipinski definition) is 1. The molecular weight excluding hydrogens is 262 g/mol. The van der Waals surface area contributed by atoms with Gasteiger partial charge in [-0.25, -0.2) is 0 Å². The van der Waals surface area contributed by atoms with Crippen molar-refractivity contribution in [1.82, 2.24) is 15.1 Å². The van der Waals surface area contributed by atoms with E-state index < -0.39 is 0 Å². The molecule has 1 atom stereocenters. The Hall–Kier alpha value is -1.52. The highest BCUT2D eigenvalue weighted by atomic mass is 35.5. The average Bonchev–Trinajstić information content (AvgIpc) is 2.81. The van der Waals surface area contributed by atoms with Crippen molar-refractivity contribution >= 4 is 11.6 Å². The fraction of sp³-hybridized carbons (Fsp3) is 0.357. The van der Waals surface area contributed by atoms with Gasteiger partial charge in [-0.05, 0) is 24.7 Å². The molecule has 0 aliphatic heterocycles. The van der Waals surface area contributed by atoms with Gasteiger partial charge < -0.3 is 10.1 Å². The van der Waals surface area contributed by atoms with E-state index in [2.05, 4.69) is 17.3 Å². The molecule has 102 valence electrons. The largest absolute Gasteiger partial charge is 0.492 e. The smallest absolute Gasteiger partial charge is 0.120 e. The Morgan fingerprint density at radius 3 is 2.95 bits per heavy atom. The number of hydrogen-bond acceptors (Lipinski definition) is 3. The van der Waals surface area contributed by atoms with Crippen molar-refractivity contribution in [2.24, 2.45) is 7.05 Å². The van der Waals surface area contributed by atoms with Crippen molar-refractivity contribution in [3.8, 4) is 5.75 Å². The Morgan fingerprint density at radius 1 is 1.47 bits per heavy atom. The number of ether oxygens (including phenoxy) is 1. The molecule has 1 aromatic heterocycles. The van der Waals surface area contributed by atoms with Crippen LogP contribution in [-0.2, 0) is 7.05 Å². The number of likely N-dealkylation sites (N-methyl/N-ethyl adjacent to an activating group) is 1. The van der Waals surface area contributed by atoms with Gasteiger partial charge in [-0.1, -0.05) is 24.6 Å². The van der Waals surface area contributed by atoms with Crippen molar-refractivity contribution in [3.05, 3.63) is 47.2 Å². The predicted octanol–water partition coefficient (Wildman–Crippen LogP) is 2.80. The van der Waals surface area contributed by atoms with E-state index in [4.69, 9.17) is 16.3 Å². The van der Waals surface area contributed by atoms with Crippen molar-refractivity contribution in [2.75, 3.05) is 13.2 Å². The van der Waals surface area contributed by atoms with Crippen LogP contribution in [0, 0.1) is 0 Å². The monoisotopic (exact) mass is 279 g/mol. The second-order valence-electron chi connectivity index (χ2n) is 4.33. The van der Waals surface area contributed by atoms with Crippen LogP contribution in [0.15, 0.2) is 36.7 Å². The topological polar surface area (TPSA) is 39.1 Å². The van der Waals surface area contributed by atoms with E-state index >= 15 is 0 Å². The maximum atomic E-state index is 5.93. The summed E-state index contributed by atoms with van der Waals surface area (Å²) >= 11 is 5.93. The van der Waals surface area contributed by atoms with Gasteiger partial charge in [0.15, 0.2) is 0 Å². The maximum Gasteiger partial charge on any atom is 0.120 e. The molecule has 1 heterocycles. The van der Waals surface area contributed by atoms with Crippen LogP contribution in [-0.4, -0.2) is 22.9 Å².